The molecule has 0 saturated heterocycles. The molecule has 0 saturated carbocycles. The van der Waals surface area contributed by atoms with Gasteiger partial charge in [-0.25, -0.2) is 4.68 Å². The van der Waals surface area contributed by atoms with Crippen molar-refractivity contribution in [1.82, 2.24) is 14.8 Å². The fraction of sp³-hybridized carbons (Fsp3) is 0.250. The summed E-state index contributed by atoms with van der Waals surface area (Å²) in [6.45, 7) is 1.98. The standard InChI is InChI=1S/C8H11N5S/c1-4-3-5(9)14-6(4)7-11-8(10)13(2)12-7/h3H,9H2,1-2H3,(H2,10,11,12). The van der Waals surface area contributed by atoms with Gasteiger partial charge in [0, 0.05) is 7.05 Å². The zero-order valence-electron chi connectivity index (χ0n) is 7.98. The molecule has 0 atom stereocenters. The molecule has 4 N–H and O–H groups in total. The Labute approximate surface area is 85.4 Å². The Bertz CT molecular complexity index is 451. The Hall–Kier alpha value is -1.56. The lowest BCUT2D eigenvalue weighted by Crippen LogP contribution is -1.97. The van der Waals surface area contributed by atoms with E-state index in [1.54, 1.807) is 11.7 Å². The number of thiophene rings is 1. The molecule has 0 amide bonds. The second-order valence-corrected chi connectivity index (χ2v) is 4.16. The van der Waals surface area contributed by atoms with E-state index in [0.717, 1.165) is 15.4 Å². The molecule has 0 aliphatic carbocycles. The maximum absolute atomic E-state index is 5.69. The van der Waals surface area contributed by atoms with Gasteiger partial charge in [0.15, 0.2) is 5.82 Å². The summed E-state index contributed by atoms with van der Waals surface area (Å²) < 4.78 is 1.55. The summed E-state index contributed by atoms with van der Waals surface area (Å²) in [4.78, 5) is 5.12. The van der Waals surface area contributed by atoms with Crippen LogP contribution in [0.4, 0.5) is 10.9 Å². The molecule has 14 heavy (non-hydrogen) atoms. The molecule has 0 radical (unpaired) electrons. The molecule has 0 aliphatic rings. The predicted molar refractivity (Wildman–Crippen MR) is 57.9 cm³/mol. The minimum Gasteiger partial charge on any atom is -0.391 e. The average Bonchev–Trinajstić information content (AvgIpc) is 2.57. The van der Waals surface area contributed by atoms with Crippen molar-refractivity contribution in [1.29, 1.82) is 0 Å². The maximum atomic E-state index is 5.69. The first-order valence-electron chi connectivity index (χ1n) is 4.10. The second kappa shape index (κ2) is 2.98. The van der Waals surface area contributed by atoms with Crippen molar-refractivity contribution < 1.29 is 0 Å². The molecule has 74 valence electrons. The molecule has 2 rings (SSSR count). The van der Waals surface area contributed by atoms with Crippen molar-refractivity contribution in [2.24, 2.45) is 7.05 Å². The van der Waals surface area contributed by atoms with E-state index in [-0.39, 0.29) is 0 Å². The minimum absolute atomic E-state index is 0.409. The number of nitrogen functional groups attached to an aromatic ring is 2. The highest BCUT2D eigenvalue weighted by Crippen LogP contribution is 2.31. The SMILES string of the molecule is Cc1cc(N)sc1-c1nc(N)n(C)n1. The van der Waals surface area contributed by atoms with Gasteiger partial charge in [0.25, 0.3) is 0 Å². The largest absolute Gasteiger partial charge is 0.391 e. The number of aromatic nitrogens is 3. The minimum atomic E-state index is 0.409. The molecule has 0 bridgehead atoms. The monoisotopic (exact) mass is 209 g/mol. The van der Waals surface area contributed by atoms with Crippen LogP contribution in [0.25, 0.3) is 10.7 Å². The van der Waals surface area contributed by atoms with Gasteiger partial charge in [-0.05, 0) is 18.6 Å². The summed E-state index contributed by atoms with van der Waals surface area (Å²) in [6, 6.07) is 1.91. The van der Waals surface area contributed by atoms with Gasteiger partial charge in [-0.3, -0.25) is 0 Å². The van der Waals surface area contributed by atoms with E-state index in [2.05, 4.69) is 10.1 Å². The van der Waals surface area contributed by atoms with Gasteiger partial charge in [0.1, 0.15) is 0 Å². The lowest BCUT2D eigenvalue weighted by molar-refractivity contribution is 0.781. The van der Waals surface area contributed by atoms with Gasteiger partial charge in [-0.1, -0.05) is 0 Å². The van der Waals surface area contributed by atoms with Crippen LogP contribution in [-0.2, 0) is 7.05 Å². The zero-order valence-corrected chi connectivity index (χ0v) is 8.80. The van der Waals surface area contributed by atoms with Crippen molar-refractivity contribution >= 4 is 22.3 Å². The van der Waals surface area contributed by atoms with Crippen molar-refractivity contribution in [2.75, 3.05) is 11.5 Å². The fourth-order valence-electron chi connectivity index (χ4n) is 1.22. The van der Waals surface area contributed by atoms with E-state index in [9.17, 15) is 0 Å². The van der Waals surface area contributed by atoms with Crippen LogP contribution in [0.1, 0.15) is 5.56 Å². The maximum Gasteiger partial charge on any atom is 0.218 e. The fourth-order valence-corrected chi connectivity index (χ4v) is 2.09. The normalized spacial score (nSPS) is 10.7. The van der Waals surface area contributed by atoms with E-state index in [4.69, 9.17) is 11.5 Å². The predicted octanol–water partition coefficient (Wildman–Crippen LogP) is 1.02. The third kappa shape index (κ3) is 1.33. The Kier molecular flexibility index (Phi) is 1.92. The zero-order chi connectivity index (χ0) is 10.3. The second-order valence-electron chi connectivity index (χ2n) is 3.08. The topological polar surface area (TPSA) is 82.7 Å². The van der Waals surface area contributed by atoms with Gasteiger partial charge in [0.05, 0.1) is 9.88 Å². The van der Waals surface area contributed by atoms with Crippen molar-refractivity contribution in [3.05, 3.63) is 11.6 Å². The molecule has 0 aliphatic heterocycles. The first kappa shape index (κ1) is 9.01. The van der Waals surface area contributed by atoms with Crippen LogP contribution in [0.5, 0.6) is 0 Å². The number of aryl methyl sites for hydroxylation is 2. The molecule has 2 aromatic heterocycles. The lowest BCUT2D eigenvalue weighted by atomic mass is 10.3. The van der Waals surface area contributed by atoms with Crippen LogP contribution in [0, 0.1) is 6.92 Å². The number of hydrogen-bond acceptors (Lipinski definition) is 5. The van der Waals surface area contributed by atoms with E-state index >= 15 is 0 Å². The van der Waals surface area contributed by atoms with Crippen LogP contribution >= 0.6 is 11.3 Å². The number of nitrogens with zero attached hydrogens (tertiary/aromatic N) is 3. The Morgan fingerprint density at radius 2 is 2.14 bits per heavy atom. The lowest BCUT2D eigenvalue weighted by Gasteiger charge is -1.89. The van der Waals surface area contributed by atoms with E-state index < -0.39 is 0 Å². The quantitative estimate of drug-likeness (QED) is 0.734. The Morgan fingerprint density at radius 3 is 2.57 bits per heavy atom. The van der Waals surface area contributed by atoms with Gasteiger partial charge in [-0.15, -0.1) is 16.4 Å². The summed E-state index contributed by atoms with van der Waals surface area (Å²) in [5.74, 6) is 1.05. The van der Waals surface area contributed by atoms with Crippen molar-refractivity contribution in [3.8, 4) is 10.7 Å². The molecule has 0 unspecified atom stereocenters. The van der Waals surface area contributed by atoms with E-state index in [0.29, 0.717) is 11.8 Å². The molecule has 2 aromatic rings. The molecule has 5 nitrogen and oxygen atoms in total. The Balaban J connectivity index is 2.54. The molecular weight excluding hydrogens is 198 g/mol. The molecule has 0 spiro atoms. The van der Waals surface area contributed by atoms with Gasteiger partial charge >= 0.3 is 0 Å². The van der Waals surface area contributed by atoms with Crippen molar-refractivity contribution in [3.63, 3.8) is 0 Å². The number of anilines is 2. The molecule has 0 aromatic carbocycles. The van der Waals surface area contributed by atoms with Gasteiger partial charge in [0.2, 0.25) is 5.95 Å². The van der Waals surface area contributed by atoms with Crippen LogP contribution in [0.15, 0.2) is 6.07 Å². The molecule has 6 heteroatoms. The summed E-state index contributed by atoms with van der Waals surface area (Å²) in [5.41, 5.74) is 12.4. The third-order valence-corrected chi connectivity index (χ3v) is 3.00. The Morgan fingerprint density at radius 1 is 1.43 bits per heavy atom. The molecule has 2 heterocycles. The summed E-state index contributed by atoms with van der Waals surface area (Å²) in [5, 5.41) is 4.96. The summed E-state index contributed by atoms with van der Waals surface area (Å²) >= 11 is 1.47. The highest BCUT2D eigenvalue weighted by atomic mass is 32.1. The first-order chi connectivity index (χ1) is 6.58. The number of rotatable bonds is 1. The van der Waals surface area contributed by atoms with Crippen molar-refractivity contribution in [2.45, 2.75) is 6.92 Å². The molecular formula is C8H11N5S. The highest BCUT2D eigenvalue weighted by Gasteiger charge is 2.12. The highest BCUT2D eigenvalue weighted by molar-refractivity contribution is 7.19. The number of hydrogen-bond donors (Lipinski definition) is 2. The van der Waals surface area contributed by atoms with Crippen LogP contribution in [-0.4, -0.2) is 14.8 Å². The van der Waals surface area contributed by atoms with E-state index in [1.807, 2.05) is 13.0 Å². The molecule has 0 fully saturated rings. The first-order valence-corrected chi connectivity index (χ1v) is 4.92. The van der Waals surface area contributed by atoms with Gasteiger partial charge < -0.3 is 11.5 Å². The third-order valence-electron chi connectivity index (χ3n) is 1.94. The smallest absolute Gasteiger partial charge is 0.218 e. The van der Waals surface area contributed by atoms with Crippen LogP contribution in [0.2, 0.25) is 0 Å². The average molecular weight is 209 g/mol. The summed E-state index contributed by atoms with van der Waals surface area (Å²) in [7, 11) is 1.76. The van der Waals surface area contributed by atoms with E-state index in [1.165, 1.54) is 11.3 Å². The summed E-state index contributed by atoms with van der Waals surface area (Å²) in [6.07, 6.45) is 0. The van der Waals surface area contributed by atoms with Crippen LogP contribution < -0.4 is 11.5 Å². The van der Waals surface area contributed by atoms with Gasteiger partial charge in [-0.2, -0.15) is 4.98 Å². The van der Waals surface area contributed by atoms with Crippen LogP contribution in [0.3, 0.4) is 0 Å². The number of nitrogens with two attached hydrogens (primary N) is 2.